The van der Waals surface area contributed by atoms with Crippen LogP contribution in [0.3, 0.4) is 0 Å². The molecule has 102 valence electrons. The Morgan fingerprint density at radius 2 is 2.05 bits per heavy atom. The first-order chi connectivity index (χ1) is 9.16. The molecule has 0 aliphatic carbocycles. The van der Waals surface area contributed by atoms with E-state index in [2.05, 4.69) is 0 Å². The summed E-state index contributed by atoms with van der Waals surface area (Å²) in [7, 11) is 0. The van der Waals surface area contributed by atoms with Crippen molar-refractivity contribution >= 4 is 5.97 Å². The Labute approximate surface area is 112 Å². The van der Waals surface area contributed by atoms with E-state index in [0.717, 1.165) is 31.2 Å². The summed E-state index contributed by atoms with van der Waals surface area (Å²) in [6.07, 6.45) is 4.36. The predicted molar refractivity (Wildman–Crippen MR) is 71.1 cm³/mol. The predicted octanol–water partition coefficient (Wildman–Crippen LogP) is 1.82. The summed E-state index contributed by atoms with van der Waals surface area (Å²) in [5, 5.41) is 9.17. The van der Waals surface area contributed by atoms with E-state index in [1.165, 1.54) is 0 Å². The first-order valence-electron chi connectivity index (χ1n) is 6.89. The Morgan fingerprint density at radius 3 is 2.74 bits per heavy atom. The van der Waals surface area contributed by atoms with Gasteiger partial charge in [-0.1, -0.05) is 18.2 Å². The zero-order valence-corrected chi connectivity index (χ0v) is 10.8. The van der Waals surface area contributed by atoms with Crippen molar-refractivity contribution in [3.63, 3.8) is 0 Å². The fraction of sp³-hybridized carbons (Fsp3) is 0.533. The monoisotopic (exact) mass is 261 g/mol. The van der Waals surface area contributed by atoms with Crippen LogP contribution >= 0.6 is 0 Å². The number of ether oxygens (including phenoxy) is 1. The van der Waals surface area contributed by atoms with Gasteiger partial charge in [-0.3, -0.25) is 0 Å². The summed E-state index contributed by atoms with van der Waals surface area (Å²) in [4.78, 5) is 11.2. The van der Waals surface area contributed by atoms with Crippen molar-refractivity contribution in [3.8, 4) is 0 Å². The minimum Gasteiger partial charge on any atom is -0.478 e. The maximum Gasteiger partial charge on any atom is 0.335 e. The lowest BCUT2D eigenvalue weighted by Crippen LogP contribution is -2.39. The normalized spacial score (nSPS) is 32.7. The van der Waals surface area contributed by atoms with Crippen molar-refractivity contribution in [2.45, 2.75) is 43.9 Å². The highest BCUT2D eigenvalue weighted by molar-refractivity contribution is 5.89. The van der Waals surface area contributed by atoms with E-state index in [1.807, 2.05) is 12.1 Å². The molecule has 0 radical (unpaired) electrons. The van der Waals surface area contributed by atoms with Crippen molar-refractivity contribution in [2.75, 3.05) is 0 Å². The summed E-state index contributed by atoms with van der Waals surface area (Å²) in [5.74, 6) is -0.482. The van der Waals surface area contributed by atoms with Crippen molar-refractivity contribution in [1.82, 2.24) is 0 Å². The minimum absolute atomic E-state index is 0.121. The molecule has 3 N–H and O–H groups in total. The molecule has 2 heterocycles. The van der Waals surface area contributed by atoms with Gasteiger partial charge in [-0.15, -0.1) is 0 Å². The van der Waals surface area contributed by atoms with Gasteiger partial charge in [0.25, 0.3) is 0 Å². The molecule has 2 fully saturated rings. The van der Waals surface area contributed by atoms with Gasteiger partial charge in [0.2, 0.25) is 0 Å². The Balaban J connectivity index is 1.68. The zero-order valence-electron chi connectivity index (χ0n) is 10.8. The lowest BCUT2D eigenvalue weighted by atomic mass is 9.81. The maximum absolute atomic E-state index is 11.2. The Kier molecular flexibility index (Phi) is 3.29. The van der Waals surface area contributed by atoms with E-state index < -0.39 is 5.97 Å². The number of hydrogen-bond acceptors (Lipinski definition) is 3. The largest absolute Gasteiger partial charge is 0.478 e. The van der Waals surface area contributed by atoms with Gasteiger partial charge in [0.15, 0.2) is 0 Å². The highest BCUT2D eigenvalue weighted by atomic mass is 16.5. The van der Waals surface area contributed by atoms with Crippen LogP contribution in [-0.2, 0) is 11.2 Å². The molecule has 0 spiro atoms. The highest BCUT2D eigenvalue weighted by Gasteiger charge is 2.46. The average molecular weight is 261 g/mol. The second-order valence-corrected chi connectivity index (χ2v) is 5.53. The number of fused-ring (bicyclic) bond motifs is 2. The van der Waals surface area contributed by atoms with Crippen LogP contribution in [0.2, 0.25) is 0 Å². The number of aryl methyl sites for hydroxylation is 1. The topological polar surface area (TPSA) is 72.5 Å². The Bertz CT molecular complexity index is 486. The molecule has 2 saturated heterocycles. The zero-order chi connectivity index (χ0) is 13.4. The summed E-state index contributed by atoms with van der Waals surface area (Å²) in [6.45, 7) is 0. The number of carboxylic acids is 1. The quantitative estimate of drug-likeness (QED) is 0.867. The van der Waals surface area contributed by atoms with E-state index >= 15 is 0 Å². The van der Waals surface area contributed by atoms with E-state index in [-0.39, 0.29) is 18.2 Å². The van der Waals surface area contributed by atoms with E-state index in [4.69, 9.17) is 15.6 Å². The molecule has 0 amide bonds. The van der Waals surface area contributed by atoms with Gasteiger partial charge < -0.3 is 15.6 Å². The number of carbonyl (C=O) groups is 1. The van der Waals surface area contributed by atoms with E-state index in [1.54, 1.807) is 12.1 Å². The molecule has 4 atom stereocenters. The van der Waals surface area contributed by atoms with Gasteiger partial charge in [-0.2, -0.15) is 0 Å². The standard InChI is InChI=1S/C15H19NO3/c16-14-11(12-7-8-13(14)19-12)6-5-9-3-1-2-4-10(9)15(17)18/h1-4,11-14H,5-8,16H2,(H,17,18). The molecule has 2 aliphatic heterocycles. The Hall–Kier alpha value is -1.39. The van der Waals surface area contributed by atoms with Crippen molar-refractivity contribution in [2.24, 2.45) is 11.7 Å². The number of aromatic carboxylic acids is 1. The summed E-state index contributed by atoms with van der Waals surface area (Å²) in [5.41, 5.74) is 7.48. The Morgan fingerprint density at radius 1 is 1.32 bits per heavy atom. The maximum atomic E-state index is 11.2. The summed E-state index contributed by atoms with van der Waals surface area (Å²) < 4.78 is 5.82. The molecule has 1 aromatic carbocycles. The summed E-state index contributed by atoms with van der Waals surface area (Å²) in [6, 6.07) is 7.33. The molecule has 19 heavy (non-hydrogen) atoms. The number of hydrogen-bond donors (Lipinski definition) is 2. The van der Waals surface area contributed by atoms with Crippen LogP contribution in [0.15, 0.2) is 24.3 Å². The highest BCUT2D eigenvalue weighted by Crippen LogP contribution is 2.40. The van der Waals surface area contributed by atoms with Crippen LogP contribution in [0.1, 0.15) is 35.2 Å². The first kappa shape index (κ1) is 12.6. The molecule has 2 bridgehead atoms. The smallest absolute Gasteiger partial charge is 0.335 e. The van der Waals surface area contributed by atoms with Crippen LogP contribution in [0.25, 0.3) is 0 Å². The van der Waals surface area contributed by atoms with Gasteiger partial charge in [-0.05, 0) is 37.3 Å². The number of benzene rings is 1. The summed E-state index contributed by atoms with van der Waals surface area (Å²) >= 11 is 0. The molecule has 0 aromatic heterocycles. The molecule has 2 aliphatic rings. The van der Waals surface area contributed by atoms with Crippen LogP contribution < -0.4 is 5.73 Å². The molecule has 1 aromatic rings. The first-order valence-corrected chi connectivity index (χ1v) is 6.89. The van der Waals surface area contributed by atoms with Gasteiger partial charge in [0, 0.05) is 12.0 Å². The van der Waals surface area contributed by atoms with Crippen molar-refractivity contribution in [3.05, 3.63) is 35.4 Å². The number of carboxylic acid groups (broad SMARTS) is 1. The van der Waals surface area contributed by atoms with Crippen LogP contribution in [0, 0.1) is 5.92 Å². The average Bonchev–Trinajstić information content (AvgIpc) is 2.98. The van der Waals surface area contributed by atoms with Gasteiger partial charge >= 0.3 is 5.97 Å². The molecule has 4 unspecified atom stereocenters. The molecular formula is C15H19NO3. The van der Waals surface area contributed by atoms with Crippen molar-refractivity contribution < 1.29 is 14.6 Å². The van der Waals surface area contributed by atoms with Gasteiger partial charge in [-0.25, -0.2) is 4.79 Å². The third-order valence-electron chi connectivity index (χ3n) is 4.48. The van der Waals surface area contributed by atoms with Gasteiger partial charge in [0.1, 0.15) is 0 Å². The third-order valence-corrected chi connectivity index (χ3v) is 4.48. The second-order valence-electron chi connectivity index (χ2n) is 5.53. The van der Waals surface area contributed by atoms with E-state index in [0.29, 0.717) is 11.5 Å². The fourth-order valence-electron chi connectivity index (χ4n) is 3.46. The lowest BCUT2D eigenvalue weighted by molar-refractivity contribution is 0.0695. The molecule has 0 saturated carbocycles. The molecule has 4 nitrogen and oxygen atoms in total. The number of rotatable bonds is 4. The molecule has 4 heteroatoms. The third kappa shape index (κ3) is 2.26. The second kappa shape index (κ2) is 4.94. The molecular weight excluding hydrogens is 242 g/mol. The number of nitrogens with two attached hydrogens (primary N) is 1. The van der Waals surface area contributed by atoms with Crippen LogP contribution in [0.4, 0.5) is 0 Å². The minimum atomic E-state index is -0.857. The SMILES string of the molecule is NC1C2CCC(O2)C1CCc1ccccc1C(=O)O. The fourth-order valence-corrected chi connectivity index (χ4v) is 3.46. The van der Waals surface area contributed by atoms with Crippen molar-refractivity contribution in [1.29, 1.82) is 0 Å². The van der Waals surface area contributed by atoms with Crippen LogP contribution in [0.5, 0.6) is 0 Å². The van der Waals surface area contributed by atoms with E-state index in [9.17, 15) is 4.79 Å². The van der Waals surface area contributed by atoms with Gasteiger partial charge in [0.05, 0.1) is 17.8 Å². The lowest BCUT2D eigenvalue weighted by Gasteiger charge is -2.24. The molecule has 3 rings (SSSR count). The van der Waals surface area contributed by atoms with Crippen LogP contribution in [-0.4, -0.2) is 29.3 Å².